The van der Waals surface area contributed by atoms with E-state index >= 15 is 0 Å². The van der Waals surface area contributed by atoms with Gasteiger partial charge in [-0.05, 0) is 51.8 Å². The van der Waals surface area contributed by atoms with E-state index in [1.54, 1.807) is 0 Å². The van der Waals surface area contributed by atoms with Crippen LogP contribution in [0.3, 0.4) is 0 Å². The van der Waals surface area contributed by atoms with Crippen LogP contribution >= 0.6 is 0 Å². The van der Waals surface area contributed by atoms with Gasteiger partial charge in [-0.2, -0.15) is 0 Å². The molecule has 4 heteroatoms. The summed E-state index contributed by atoms with van der Waals surface area (Å²) in [6.45, 7) is 9.66. The highest BCUT2D eigenvalue weighted by atomic mass is 16.5. The van der Waals surface area contributed by atoms with Crippen molar-refractivity contribution < 1.29 is 19.7 Å². The van der Waals surface area contributed by atoms with Crippen LogP contribution in [0.2, 0.25) is 0 Å². The van der Waals surface area contributed by atoms with Crippen LogP contribution in [0.1, 0.15) is 47.5 Å². The van der Waals surface area contributed by atoms with Gasteiger partial charge in [-0.1, -0.05) is 0 Å². The molecule has 0 saturated carbocycles. The van der Waals surface area contributed by atoms with Crippen LogP contribution in [0.4, 0.5) is 0 Å². The third-order valence-corrected chi connectivity index (χ3v) is 4.50. The van der Waals surface area contributed by atoms with E-state index < -0.39 is 17.0 Å². The lowest BCUT2D eigenvalue weighted by atomic mass is 9.73. The first-order chi connectivity index (χ1) is 9.09. The highest BCUT2D eigenvalue weighted by Gasteiger charge is 2.47. The molecule has 1 aliphatic heterocycles. The second-order valence-electron chi connectivity index (χ2n) is 6.39. The van der Waals surface area contributed by atoms with Crippen LogP contribution in [-0.2, 0) is 9.53 Å². The minimum absolute atomic E-state index is 0.0627. The van der Waals surface area contributed by atoms with Gasteiger partial charge < -0.3 is 14.9 Å². The van der Waals surface area contributed by atoms with Gasteiger partial charge in [0.15, 0.2) is 0 Å². The molecule has 4 nitrogen and oxygen atoms in total. The van der Waals surface area contributed by atoms with E-state index in [4.69, 9.17) is 9.84 Å². The monoisotopic (exact) mass is 278 g/mol. The van der Waals surface area contributed by atoms with E-state index in [-0.39, 0.29) is 6.42 Å². The highest BCUT2D eigenvalue weighted by Crippen LogP contribution is 2.53. The SMILES string of the molecule is CC1=C(O)C(C)(C)C2=C(C)C(C)(CCC(=O)O)OC2=C1. The van der Waals surface area contributed by atoms with Crippen molar-refractivity contribution in [2.75, 3.05) is 0 Å². The molecule has 1 unspecified atom stereocenters. The predicted octanol–water partition coefficient (Wildman–Crippen LogP) is 3.71. The Morgan fingerprint density at radius 2 is 1.90 bits per heavy atom. The molecule has 2 rings (SSSR count). The van der Waals surface area contributed by atoms with Crippen LogP contribution in [0.5, 0.6) is 0 Å². The van der Waals surface area contributed by atoms with Gasteiger partial charge in [-0.3, -0.25) is 4.79 Å². The largest absolute Gasteiger partial charge is 0.511 e. The first-order valence-corrected chi connectivity index (χ1v) is 6.84. The maximum absolute atomic E-state index is 10.8. The summed E-state index contributed by atoms with van der Waals surface area (Å²) in [5, 5.41) is 19.2. The molecule has 20 heavy (non-hydrogen) atoms. The zero-order valence-corrected chi connectivity index (χ0v) is 12.7. The number of ether oxygens (including phenoxy) is 1. The molecule has 2 aliphatic rings. The summed E-state index contributed by atoms with van der Waals surface area (Å²) in [6.07, 6.45) is 2.32. The first-order valence-electron chi connectivity index (χ1n) is 6.84. The third-order valence-electron chi connectivity index (χ3n) is 4.50. The van der Waals surface area contributed by atoms with E-state index in [0.717, 1.165) is 22.5 Å². The Kier molecular flexibility index (Phi) is 3.23. The molecular formula is C16H22O4. The van der Waals surface area contributed by atoms with Crippen LogP contribution in [-0.4, -0.2) is 21.8 Å². The normalized spacial score (nSPS) is 28.1. The van der Waals surface area contributed by atoms with Crippen molar-refractivity contribution in [3.63, 3.8) is 0 Å². The third kappa shape index (κ3) is 2.03. The van der Waals surface area contributed by atoms with Crippen LogP contribution in [0, 0.1) is 5.41 Å². The molecule has 0 fully saturated rings. The molecule has 0 aromatic rings. The van der Waals surface area contributed by atoms with Crippen molar-refractivity contribution in [2.45, 2.75) is 53.1 Å². The summed E-state index contributed by atoms with van der Waals surface area (Å²) in [5.74, 6) is 0.283. The zero-order valence-electron chi connectivity index (χ0n) is 12.7. The van der Waals surface area contributed by atoms with E-state index in [1.807, 2.05) is 40.7 Å². The van der Waals surface area contributed by atoms with Crippen molar-refractivity contribution in [3.05, 3.63) is 34.3 Å². The smallest absolute Gasteiger partial charge is 0.303 e. The summed E-state index contributed by atoms with van der Waals surface area (Å²) in [5.41, 5.74) is 1.67. The van der Waals surface area contributed by atoms with Gasteiger partial charge in [0.2, 0.25) is 0 Å². The fourth-order valence-electron chi connectivity index (χ4n) is 3.16. The zero-order chi connectivity index (χ0) is 15.3. The quantitative estimate of drug-likeness (QED) is 0.825. The summed E-state index contributed by atoms with van der Waals surface area (Å²) >= 11 is 0. The van der Waals surface area contributed by atoms with Crippen LogP contribution in [0.15, 0.2) is 34.3 Å². The predicted molar refractivity (Wildman–Crippen MR) is 76.3 cm³/mol. The summed E-state index contributed by atoms with van der Waals surface area (Å²) in [7, 11) is 0. The van der Waals surface area contributed by atoms with Crippen molar-refractivity contribution in [1.82, 2.24) is 0 Å². The lowest BCUT2D eigenvalue weighted by Gasteiger charge is -2.31. The molecular weight excluding hydrogens is 256 g/mol. The van der Waals surface area contributed by atoms with E-state index in [0.29, 0.717) is 12.2 Å². The van der Waals surface area contributed by atoms with E-state index in [2.05, 4.69) is 0 Å². The van der Waals surface area contributed by atoms with Gasteiger partial charge in [0.1, 0.15) is 17.1 Å². The van der Waals surface area contributed by atoms with Crippen LogP contribution in [0.25, 0.3) is 0 Å². The molecule has 0 spiro atoms. The van der Waals surface area contributed by atoms with Crippen molar-refractivity contribution >= 4 is 5.97 Å². The number of aliphatic carboxylic acids is 1. The fraction of sp³-hybridized carbons (Fsp3) is 0.562. The lowest BCUT2D eigenvalue weighted by Crippen LogP contribution is -2.27. The highest BCUT2D eigenvalue weighted by molar-refractivity contribution is 5.67. The first kappa shape index (κ1) is 14.7. The Bertz CT molecular complexity index is 563. The minimum atomic E-state index is -0.826. The molecule has 0 aromatic carbocycles. The molecule has 0 radical (unpaired) electrons. The molecule has 0 aromatic heterocycles. The van der Waals surface area contributed by atoms with Gasteiger partial charge in [0, 0.05) is 18.4 Å². The van der Waals surface area contributed by atoms with Crippen molar-refractivity contribution in [3.8, 4) is 0 Å². The molecule has 1 aliphatic carbocycles. The van der Waals surface area contributed by atoms with E-state index in [9.17, 15) is 9.90 Å². The number of hydrogen-bond donors (Lipinski definition) is 2. The number of fused-ring (bicyclic) bond motifs is 1. The second-order valence-corrected chi connectivity index (χ2v) is 6.39. The van der Waals surface area contributed by atoms with Gasteiger partial charge in [0.25, 0.3) is 0 Å². The number of carboxylic acid groups (broad SMARTS) is 1. The standard InChI is InChI=1S/C16H22O4/c1-9-8-11-13(15(3,4)14(9)19)10(2)16(5,20-11)7-6-12(17)18/h8,19H,6-7H2,1-5H3,(H,17,18). The fourth-order valence-corrected chi connectivity index (χ4v) is 3.16. The Labute approximate surface area is 119 Å². The molecule has 2 N–H and O–H groups in total. The average Bonchev–Trinajstić information content (AvgIpc) is 2.58. The number of allylic oxidation sites excluding steroid dienone is 4. The lowest BCUT2D eigenvalue weighted by molar-refractivity contribution is -0.138. The van der Waals surface area contributed by atoms with Gasteiger partial charge in [-0.15, -0.1) is 0 Å². The molecule has 0 bridgehead atoms. The molecule has 1 atom stereocenters. The maximum Gasteiger partial charge on any atom is 0.303 e. The number of aliphatic hydroxyl groups excluding tert-OH is 1. The van der Waals surface area contributed by atoms with Crippen molar-refractivity contribution in [2.24, 2.45) is 5.41 Å². The Morgan fingerprint density at radius 3 is 2.45 bits per heavy atom. The molecule has 1 heterocycles. The minimum Gasteiger partial charge on any atom is -0.511 e. The number of carboxylic acids is 1. The molecule has 0 amide bonds. The Balaban J connectivity index is 2.46. The van der Waals surface area contributed by atoms with E-state index in [1.165, 1.54) is 0 Å². The van der Waals surface area contributed by atoms with Crippen molar-refractivity contribution in [1.29, 1.82) is 0 Å². The topological polar surface area (TPSA) is 66.8 Å². The maximum atomic E-state index is 10.8. The van der Waals surface area contributed by atoms with Crippen LogP contribution < -0.4 is 0 Å². The number of carbonyl (C=O) groups is 1. The average molecular weight is 278 g/mol. The summed E-state index contributed by atoms with van der Waals surface area (Å²) in [4.78, 5) is 10.8. The number of aliphatic hydroxyl groups is 1. The van der Waals surface area contributed by atoms with Gasteiger partial charge in [-0.25, -0.2) is 0 Å². The summed E-state index contributed by atoms with van der Waals surface area (Å²) in [6, 6.07) is 0. The number of hydrogen-bond acceptors (Lipinski definition) is 3. The Hall–Kier alpha value is -1.71. The molecule has 110 valence electrons. The number of rotatable bonds is 3. The van der Waals surface area contributed by atoms with Gasteiger partial charge in [0.05, 0.1) is 5.41 Å². The van der Waals surface area contributed by atoms with Gasteiger partial charge >= 0.3 is 5.97 Å². The second kappa shape index (κ2) is 4.40. The molecule has 0 saturated heterocycles. The Morgan fingerprint density at radius 1 is 1.30 bits per heavy atom. The summed E-state index contributed by atoms with van der Waals surface area (Å²) < 4.78 is 6.05.